The van der Waals surface area contributed by atoms with E-state index in [1.54, 1.807) is 42.5 Å². The van der Waals surface area contributed by atoms with Crippen LogP contribution >= 0.6 is 15.9 Å². The van der Waals surface area contributed by atoms with E-state index in [0.29, 0.717) is 27.8 Å². The van der Waals surface area contributed by atoms with Gasteiger partial charge < -0.3 is 10.1 Å². The summed E-state index contributed by atoms with van der Waals surface area (Å²) in [6.07, 6.45) is 0.740. The molecule has 4 aromatic rings. The van der Waals surface area contributed by atoms with Crippen LogP contribution in [0.3, 0.4) is 0 Å². The maximum atomic E-state index is 13.3. The standard InChI is InChI=1S/C26H20BrFN2O3/c1-2-16-13-18(27)9-12-22(16)30-25(31)15-33-26(32)21-14-24(17-7-10-19(28)11-8-17)29-23-6-4-3-5-20(21)23/h3-14H,2,15H2,1H3,(H,30,31). The van der Waals surface area contributed by atoms with Gasteiger partial charge in [-0.15, -0.1) is 0 Å². The molecule has 5 nitrogen and oxygen atoms in total. The molecule has 0 fully saturated rings. The van der Waals surface area contributed by atoms with Gasteiger partial charge in [0.2, 0.25) is 0 Å². The molecule has 0 unspecified atom stereocenters. The lowest BCUT2D eigenvalue weighted by atomic mass is 10.0. The number of benzene rings is 3. The van der Waals surface area contributed by atoms with Crippen molar-refractivity contribution >= 4 is 44.4 Å². The van der Waals surface area contributed by atoms with E-state index >= 15 is 0 Å². The molecule has 4 rings (SSSR count). The van der Waals surface area contributed by atoms with Crippen LogP contribution in [0.15, 0.2) is 77.3 Å². The number of hydrogen-bond donors (Lipinski definition) is 1. The first-order valence-electron chi connectivity index (χ1n) is 10.4. The molecule has 7 heteroatoms. The number of carbonyl (C=O) groups is 2. The number of rotatable bonds is 6. The van der Waals surface area contributed by atoms with E-state index in [1.807, 2.05) is 25.1 Å². The number of nitrogens with one attached hydrogen (secondary N) is 1. The van der Waals surface area contributed by atoms with E-state index in [1.165, 1.54) is 12.1 Å². The van der Waals surface area contributed by atoms with Crippen molar-refractivity contribution in [2.24, 2.45) is 0 Å². The second-order valence-electron chi connectivity index (χ2n) is 7.36. The zero-order valence-electron chi connectivity index (χ0n) is 17.8. The van der Waals surface area contributed by atoms with Gasteiger partial charge in [-0.25, -0.2) is 14.2 Å². The number of aryl methyl sites for hydroxylation is 1. The van der Waals surface area contributed by atoms with Crippen molar-refractivity contribution in [1.29, 1.82) is 0 Å². The van der Waals surface area contributed by atoms with Gasteiger partial charge in [0.15, 0.2) is 6.61 Å². The highest BCUT2D eigenvalue weighted by Gasteiger charge is 2.17. The average molecular weight is 507 g/mol. The lowest BCUT2D eigenvalue weighted by Gasteiger charge is -2.12. The number of fused-ring (bicyclic) bond motifs is 1. The van der Waals surface area contributed by atoms with Crippen molar-refractivity contribution in [3.8, 4) is 11.3 Å². The second-order valence-corrected chi connectivity index (χ2v) is 8.27. The third-order valence-corrected chi connectivity index (χ3v) is 5.63. The normalized spacial score (nSPS) is 10.8. The average Bonchev–Trinajstić information content (AvgIpc) is 2.83. The van der Waals surface area contributed by atoms with Crippen molar-refractivity contribution in [2.75, 3.05) is 11.9 Å². The Morgan fingerprint density at radius 3 is 2.55 bits per heavy atom. The number of carbonyl (C=O) groups excluding carboxylic acids is 2. The maximum absolute atomic E-state index is 13.3. The monoisotopic (exact) mass is 506 g/mol. The highest BCUT2D eigenvalue weighted by Crippen LogP contribution is 2.26. The van der Waals surface area contributed by atoms with Gasteiger partial charge in [0, 0.05) is 21.1 Å². The molecule has 0 saturated carbocycles. The van der Waals surface area contributed by atoms with Gasteiger partial charge in [-0.05, 0) is 66.6 Å². The molecule has 0 aliphatic rings. The van der Waals surface area contributed by atoms with Crippen LogP contribution in [0.4, 0.5) is 10.1 Å². The molecule has 0 bridgehead atoms. The summed E-state index contributed by atoms with van der Waals surface area (Å²) in [5.74, 6) is -1.43. The van der Waals surface area contributed by atoms with Crippen molar-refractivity contribution < 1.29 is 18.7 Å². The summed E-state index contributed by atoms with van der Waals surface area (Å²) in [7, 11) is 0. The molecular weight excluding hydrogens is 487 g/mol. The van der Waals surface area contributed by atoms with Crippen molar-refractivity contribution in [3.05, 3.63) is 94.2 Å². The number of anilines is 1. The number of pyridine rings is 1. The number of amides is 1. The lowest BCUT2D eigenvalue weighted by Crippen LogP contribution is -2.21. The predicted molar refractivity (Wildman–Crippen MR) is 130 cm³/mol. The minimum Gasteiger partial charge on any atom is -0.452 e. The van der Waals surface area contributed by atoms with Crippen LogP contribution in [0.25, 0.3) is 22.2 Å². The Bertz CT molecular complexity index is 1340. The van der Waals surface area contributed by atoms with Crippen LogP contribution in [0.5, 0.6) is 0 Å². The fourth-order valence-electron chi connectivity index (χ4n) is 3.48. The van der Waals surface area contributed by atoms with Crippen molar-refractivity contribution in [2.45, 2.75) is 13.3 Å². The van der Waals surface area contributed by atoms with Gasteiger partial charge in [0.25, 0.3) is 5.91 Å². The van der Waals surface area contributed by atoms with Crippen LogP contribution in [0.1, 0.15) is 22.8 Å². The van der Waals surface area contributed by atoms with Crippen molar-refractivity contribution in [3.63, 3.8) is 0 Å². The Kier molecular flexibility index (Phi) is 6.79. The first-order valence-corrected chi connectivity index (χ1v) is 11.1. The van der Waals surface area contributed by atoms with Crippen LogP contribution < -0.4 is 5.32 Å². The summed E-state index contributed by atoms with van der Waals surface area (Å²) in [6, 6.07) is 20.2. The van der Waals surface area contributed by atoms with Gasteiger partial charge in [0.1, 0.15) is 5.82 Å². The molecule has 1 heterocycles. The molecule has 1 N–H and O–H groups in total. The summed E-state index contributed by atoms with van der Waals surface area (Å²) in [5, 5.41) is 3.40. The van der Waals surface area contributed by atoms with E-state index in [4.69, 9.17) is 4.74 Å². The largest absolute Gasteiger partial charge is 0.452 e. The molecule has 3 aromatic carbocycles. The molecule has 0 aliphatic carbocycles. The third-order valence-electron chi connectivity index (χ3n) is 5.13. The zero-order chi connectivity index (χ0) is 23.4. The Morgan fingerprint density at radius 1 is 1.03 bits per heavy atom. The first kappa shape index (κ1) is 22.6. The number of esters is 1. The van der Waals surface area contributed by atoms with E-state index in [9.17, 15) is 14.0 Å². The topological polar surface area (TPSA) is 68.3 Å². The Labute approximate surface area is 198 Å². The Morgan fingerprint density at radius 2 is 1.79 bits per heavy atom. The first-order chi connectivity index (χ1) is 15.9. The number of aromatic nitrogens is 1. The summed E-state index contributed by atoms with van der Waals surface area (Å²) in [4.78, 5) is 29.9. The van der Waals surface area contributed by atoms with Crippen LogP contribution in [0.2, 0.25) is 0 Å². The molecule has 0 spiro atoms. The lowest BCUT2D eigenvalue weighted by molar-refractivity contribution is -0.119. The minimum atomic E-state index is -0.640. The number of ether oxygens (including phenoxy) is 1. The van der Waals surface area contributed by atoms with Crippen molar-refractivity contribution in [1.82, 2.24) is 4.98 Å². The summed E-state index contributed by atoms with van der Waals surface area (Å²) < 4.78 is 19.6. The van der Waals surface area contributed by atoms with E-state index in [-0.39, 0.29) is 11.4 Å². The highest BCUT2D eigenvalue weighted by atomic mass is 79.9. The third kappa shape index (κ3) is 5.26. The van der Waals surface area contributed by atoms with Crippen LogP contribution in [0, 0.1) is 5.82 Å². The number of para-hydroxylation sites is 1. The van der Waals surface area contributed by atoms with E-state index < -0.39 is 18.5 Å². The van der Waals surface area contributed by atoms with Crippen LogP contribution in [-0.2, 0) is 16.0 Å². The fraction of sp³-hybridized carbons (Fsp3) is 0.115. The smallest absolute Gasteiger partial charge is 0.339 e. The molecule has 166 valence electrons. The molecule has 0 radical (unpaired) electrons. The Balaban J connectivity index is 1.55. The Hall–Kier alpha value is -3.58. The molecule has 0 saturated heterocycles. The van der Waals surface area contributed by atoms with Crippen LogP contribution in [-0.4, -0.2) is 23.5 Å². The summed E-state index contributed by atoms with van der Waals surface area (Å²) in [6.45, 7) is 1.56. The van der Waals surface area contributed by atoms with Gasteiger partial charge in [-0.1, -0.05) is 41.1 Å². The van der Waals surface area contributed by atoms with Gasteiger partial charge in [0.05, 0.1) is 16.8 Å². The molecule has 1 aromatic heterocycles. The van der Waals surface area contributed by atoms with Gasteiger partial charge in [-0.2, -0.15) is 0 Å². The SMILES string of the molecule is CCc1cc(Br)ccc1NC(=O)COC(=O)c1cc(-c2ccc(F)cc2)nc2ccccc12. The maximum Gasteiger partial charge on any atom is 0.339 e. The summed E-state index contributed by atoms with van der Waals surface area (Å²) >= 11 is 3.42. The molecule has 0 aliphatic heterocycles. The molecule has 33 heavy (non-hydrogen) atoms. The van der Waals surface area contributed by atoms with Gasteiger partial charge in [-0.3, -0.25) is 4.79 Å². The minimum absolute atomic E-state index is 0.283. The van der Waals surface area contributed by atoms with Gasteiger partial charge >= 0.3 is 5.97 Å². The quantitative estimate of drug-likeness (QED) is 0.318. The fourth-order valence-corrected chi connectivity index (χ4v) is 3.89. The predicted octanol–water partition coefficient (Wildman–Crippen LogP) is 6.16. The number of halogens is 2. The molecule has 1 amide bonds. The second kappa shape index (κ2) is 9.92. The molecule has 0 atom stereocenters. The number of hydrogen-bond acceptors (Lipinski definition) is 4. The zero-order valence-corrected chi connectivity index (χ0v) is 19.4. The van der Waals surface area contributed by atoms with E-state index in [2.05, 4.69) is 26.2 Å². The number of nitrogens with zero attached hydrogens (tertiary/aromatic N) is 1. The molecular formula is C26H20BrFN2O3. The van der Waals surface area contributed by atoms with E-state index in [0.717, 1.165) is 16.5 Å². The highest BCUT2D eigenvalue weighted by molar-refractivity contribution is 9.10. The summed E-state index contributed by atoms with van der Waals surface area (Å²) in [5.41, 5.74) is 3.69.